The molecule has 0 aliphatic rings. The predicted molar refractivity (Wildman–Crippen MR) is 71.4 cm³/mol. The summed E-state index contributed by atoms with van der Waals surface area (Å²) in [5, 5.41) is 3.10. The predicted octanol–water partition coefficient (Wildman–Crippen LogP) is 3.89. The minimum absolute atomic E-state index is 0.212. The summed E-state index contributed by atoms with van der Waals surface area (Å²) in [6, 6.07) is 9.29. The summed E-state index contributed by atoms with van der Waals surface area (Å²) in [6.07, 6.45) is 0. The molecule has 1 N–H and O–H groups in total. The maximum atomic E-state index is 13.5. The number of rotatable bonds is 4. The fourth-order valence-electron chi connectivity index (χ4n) is 1.83. The van der Waals surface area contributed by atoms with Crippen LogP contribution in [0, 0.1) is 18.6 Å². The van der Waals surface area contributed by atoms with Crippen LogP contribution in [0.15, 0.2) is 36.4 Å². The van der Waals surface area contributed by atoms with E-state index < -0.39 is 5.82 Å². The highest BCUT2D eigenvalue weighted by atomic mass is 19.1. The molecule has 2 aromatic rings. The fraction of sp³-hybridized carbons (Fsp3) is 0.200. The molecule has 0 heterocycles. The molecule has 2 rings (SSSR count). The third kappa shape index (κ3) is 3.22. The molecule has 0 atom stereocenters. The number of halogens is 2. The van der Waals surface area contributed by atoms with Crippen molar-refractivity contribution in [2.75, 3.05) is 12.4 Å². The number of nitrogens with one attached hydrogen (secondary N) is 1. The van der Waals surface area contributed by atoms with Crippen LogP contribution in [-0.2, 0) is 6.54 Å². The van der Waals surface area contributed by atoms with Crippen molar-refractivity contribution in [3.8, 4) is 5.75 Å². The van der Waals surface area contributed by atoms with Gasteiger partial charge >= 0.3 is 0 Å². The molecule has 100 valence electrons. The van der Waals surface area contributed by atoms with Gasteiger partial charge in [0.05, 0.1) is 7.11 Å². The average Bonchev–Trinajstić information content (AvgIpc) is 2.38. The van der Waals surface area contributed by atoms with Crippen molar-refractivity contribution in [3.63, 3.8) is 0 Å². The van der Waals surface area contributed by atoms with Gasteiger partial charge < -0.3 is 10.1 Å². The molecule has 2 nitrogen and oxygen atoms in total. The summed E-state index contributed by atoms with van der Waals surface area (Å²) in [5.41, 5.74) is 2.49. The quantitative estimate of drug-likeness (QED) is 0.903. The Morgan fingerprint density at radius 3 is 2.53 bits per heavy atom. The minimum Gasteiger partial charge on any atom is -0.494 e. The first-order chi connectivity index (χ1) is 9.10. The van der Waals surface area contributed by atoms with Gasteiger partial charge in [0.2, 0.25) is 0 Å². The summed E-state index contributed by atoms with van der Waals surface area (Å²) in [7, 11) is 1.42. The Morgan fingerprint density at radius 1 is 1.11 bits per heavy atom. The summed E-state index contributed by atoms with van der Waals surface area (Å²) in [5.74, 6) is -0.455. The van der Waals surface area contributed by atoms with E-state index >= 15 is 0 Å². The molecule has 0 bridgehead atoms. The van der Waals surface area contributed by atoms with E-state index in [0.717, 1.165) is 11.1 Å². The minimum atomic E-state index is -0.414. The number of methoxy groups -OCH3 is 1. The Kier molecular flexibility index (Phi) is 4.00. The second-order valence-electron chi connectivity index (χ2n) is 4.27. The van der Waals surface area contributed by atoms with Gasteiger partial charge in [-0.3, -0.25) is 0 Å². The molecular formula is C15H15F2NO. The summed E-state index contributed by atoms with van der Waals surface area (Å²) >= 11 is 0. The molecule has 0 aliphatic heterocycles. The smallest absolute Gasteiger partial charge is 0.167 e. The molecule has 0 unspecified atom stereocenters. The van der Waals surface area contributed by atoms with E-state index in [1.165, 1.54) is 25.3 Å². The van der Waals surface area contributed by atoms with Gasteiger partial charge in [-0.1, -0.05) is 6.07 Å². The number of ether oxygens (including phenoxy) is 1. The molecule has 0 radical (unpaired) electrons. The van der Waals surface area contributed by atoms with Gasteiger partial charge in [0.1, 0.15) is 5.82 Å². The van der Waals surface area contributed by atoms with Crippen molar-refractivity contribution in [1.82, 2.24) is 0 Å². The van der Waals surface area contributed by atoms with Crippen LogP contribution in [0.3, 0.4) is 0 Å². The van der Waals surface area contributed by atoms with E-state index in [2.05, 4.69) is 5.32 Å². The van der Waals surface area contributed by atoms with E-state index in [9.17, 15) is 8.78 Å². The normalized spacial score (nSPS) is 10.3. The molecule has 0 saturated heterocycles. The van der Waals surface area contributed by atoms with E-state index in [4.69, 9.17) is 4.74 Å². The van der Waals surface area contributed by atoms with Crippen LogP contribution in [0.2, 0.25) is 0 Å². The van der Waals surface area contributed by atoms with Crippen LogP contribution in [0.1, 0.15) is 11.1 Å². The first kappa shape index (κ1) is 13.3. The first-order valence-electron chi connectivity index (χ1n) is 5.92. The van der Waals surface area contributed by atoms with Crippen LogP contribution in [0.5, 0.6) is 5.75 Å². The lowest BCUT2D eigenvalue weighted by atomic mass is 10.1. The molecular weight excluding hydrogens is 248 g/mol. The Labute approximate surface area is 111 Å². The molecule has 0 aliphatic carbocycles. The van der Waals surface area contributed by atoms with Crippen molar-refractivity contribution in [3.05, 3.63) is 59.2 Å². The van der Waals surface area contributed by atoms with Gasteiger partial charge in [0.15, 0.2) is 11.6 Å². The molecule has 0 amide bonds. The summed E-state index contributed by atoms with van der Waals surface area (Å²) in [6.45, 7) is 2.35. The first-order valence-corrected chi connectivity index (χ1v) is 5.92. The fourth-order valence-corrected chi connectivity index (χ4v) is 1.83. The molecule has 0 saturated carbocycles. The second-order valence-corrected chi connectivity index (χ2v) is 4.27. The van der Waals surface area contributed by atoms with Gasteiger partial charge in [-0.15, -0.1) is 0 Å². The Bertz CT molecular complexity index is 584. The third-order valence-corrected chi connectivity index (χ3v) is 2.94. The van der Waals surface area contributed by atoms with Crippen LogP contribution in [-0.4, -0.2) is 7.11 Å². The van der Waals surface area contributed by atoms with E-state index in [1.807, 2.05) is 6.92 Å². The third-order valence-electron chi connectivity index (χ3n) is 2.94. The van der Waals surface area contributed by atoms with Crippen LogP contribution < -0.4 is 10.1 Å². The standard InChI is InChI=1S/C15H15F2NO/c1-10-7-12(16)4-3-11(10)9-18-13-5-6-15(19-2)14(17)8-13/h3-8,18H,9H2,1-2H3. The topological polar surface area (TPSA) is 21.3 Å². The van der Waals surface area contributed by atoms with Gasteiger partial charge in [0.25, 0.3) is 0 Å². The van der Waals surface area contributed by atoms with E-state index in [0.29, 0.717) is 12.2 Å². The van der Waals surface area contributed by atoms with Gasteiger partial charge in [0, 0.05) is 18.3 Å². The SMILES string of the molecule is COc1ccc(NCc2ccc(F)cc2C)cc1F. The van der Waals surface area contributed by atoms with Crippen LogP contribution in [0.4, 0.5) is 14.5 Å². The number of anilines is 1. The maximum absolute atomic E-state index is 13.5. The molecule has 4 heteroatoms. The van der Waals surface area contributed by atoms with Gasteiger partial charge in [-0.2, -0.15) is 0 Å². The van der Waals surface area contributed by atoms with Crippen LogP contribution >= 0.6 is 0 Å². The molecule has 19 heavy (non-hydrogen) atoms. The lowest BCUT2D eigenvalue weighted by Crippen LogP contribution is -2.02. The zero-order valence-electron chi connectivity index (χ0n) is 10.8. The molecule has 0 aromatic heterocycles. The Balaban J connectivity index is 2.08. The number of hydrogen-bond acceptors (Lipinski definition) is 2. The maximum Gasteiger partial charge on any atom is 0.167 e. The number of benzene rings is 2. The lowest BCUT2D eigenvalue weighted by molar-refractivity contribution is 0.386. The van der Waals surface area contributed by atoms with Crippen molar-refractivity contribution < 1.29 is 13.5 Å². The largest absolute Gasteiger partial charge is 0.494 e. The second kappa shape index (κ2) is 5.69. The molecule has 0 spiro atoms. The summed E-state index contributed by atoms with van der Waals surface area (Å²) in [4.78, 5) is 0. The highest BCUT2D eigenvalue weighted by molar-refractivity contribution is 5.48. The van der Waals surface area contributed by atoms with E-state index in [-0.39, 0.29) is 11.6 Å². The molecule has 0 fully saturated rings. The van der Waals surface area contributed by atoms with Gasteiger partial charge in [-0.25, -0.2) is 8.78 Å². The lowest BCUT2D eigenvalue weighted by Gasteiger charge is -2.10. The Morgan fingerprint density at radius 2 is 1.89 bits per heavy atom. The van der Waals surface area contributed by atoms with Crippen molar-refractivity contribution in [2.45, 2.75) is 13.5 Å². The van der Waals surface area contributed by atoms with Crippen molar-refractivity contribution in [1.29, 1.82) is 0 Å². The van der Waals surface area contributed by atoms with Crippen LogP contribution in [0.25, 0.3) is 0 Å². The zero-order valence-corrected chi connectivity index (χ0v) is 10.8. The highest BCUT2D eigenvalue weighted by Crippen LogP contribution is 2.21. The van der Waals surface area contributed by atoms with Gasteiger partial charge in [-0.05, 0) is 42.3 Å². The number of aryl methyl sites for hydroxylation is 1. The number of hydrogen-bond donors (Lipinski definition) is 1. The monoisotopic (exact) mass is 263 g/mol. The Hall–Kier alpha value is -2.10. The molecule has 2 aromatic carbocycles. The van der Waals surface area contributed by atoms with Crippen molar-refractivity contribution in [2.24, 2.45) is 0 Å². The average molecular weight is 263 g/mol. The highest BCUT2D eigenvalue weighted by Gasteiger charge is 2.04. The summed E-state index contributed by atoms with van der Waals surface area (Å²) < 4.78 is 31.3. The van der Waals surface area contributed by atoms with E-state index in [1.54, 1.807) is 18.2 Å². The van der Waals surface area contributed by atoms with Crippen molar-refractivity contribution >= 4 is 5.69 Å². The zero-order chi connectivity index (χ0) is 13.8.